The van der Waals surface area contributed by atoms with Crippen molar-refractivity contribution in [2.24, 2.45) is 16.3 Å². The molecule has 5 rings (SSSR count). The van der Waals surface area contributed by atoms with Gasteiger partial charge in [-0.15, -0.1) is 0 Å². The molecule has 0 N–H and O–H groups in total. The molecule has 1 aliphatic carbocycles. The van der Waals surface area contributed by atoms with Crippen molar-refractivity contribution in [3.63, 3.8) is 0 Å². The molecule has 6 heteroatoms. The number of rotatable bonds is 3. The number of piperidine rings is 1. The Hall–Kier alpha value is -2.60. The van der Waals surface area contributed by atoms with E-state index in [9.17, 15) is 0 Å². The first-order valence-electron chi connectivity index (χ1n) is 10.8. The molecule has 5 nitrogen and oxygen atoms in total. The summed E-state index contributed by atoms with van der Waals surface area (Å²) >= 11 is 0. The van der Waals surface area contributed by atoms with Gasteiger partial charge in [-0.05, 0) is 55.8 Å². The summed E-state index contributed by atoms with van der Waals surface area (Å²) in [6.45, 7) is 6.77. The zero-order valence-corrected chi connectivity index (χ0v) is 17.9. The summed E-state index contributed by atoms with van der Waals surface area (Å²) in [7, 11) is 3.80. The Morgan fingerprint density at radius 1 is 1.13 bits per heavy atom. The van der Waals surface area contributed by atoms with Crippen molar-refractivity contribution in [2.45, 2.75) is 13.3 Å². The van der Waals surface area contributed by atoms with Crippen molar-refractivity contribution < 1.29 is 9.13 Å². The van der Waals surface area contributed by atoms with Crippen molar-refractivity contribution in [3.8, 4) is 0 Å². The monoisotopic (exact) mass is 408 g/mol. The van der Waals surface area contributed by atoms with Gasteiger partial charge in [0.1, 0.15) is 11.6 Å². The Kier molecular flexibility index (Phi) is 4.69. The summed E-state index contributed by atoms with van der Waals surface area (Å²) in [6.07, 6.45) is 9.18. The quantitative estimate of drug-likeness (QED) is 0.761. The van der Waals surface area contributed by atoms with Crippen LogP contribution in [0.2, 0.25) is 0 Å². The molecule has 30 heavy (non-hydrogen) atoms. The van der Waals surface area contributed by atoms with E-state index in [1.807, 2.05) is 18.3 Å². The number of nitrogens with zero attached hydrogens (tertiary/aromatic N) is 4. The third-order valence-corrected chi connectivity index (χ3v) is 7.14. The van der Waals surface area contributed by atoms with E-state index in [0.29, 0.717) is 11.6 Å². The lowest BCUT2D eigenvalue weighted by Gasteiger charge is -2.49. The number of anilines is 2. The van der Waals surface area contributed by atoms with E-state index in [-0.39, 0.29) is 11.2 Å². The Labute approximate surface area is 177 Å². The largest absolute Gasteiger partial charge is 0.495 e. The predicted octanol–water partition coefficient (Wildman–Crippen LogP) is 3.81. The second-order valence-corrected chi connectivity index (χ2v) is 8.72. The first kappa shape index (κ1) is 19.4. The maximum Gasteiger partial charge on any atom is 0.148 e. The maximum atomic E-state index is 15.2. The Balaban J connectivity index is 1.50. The number of ether oxygens (including phenoxy) is 1. The Morgan fingerprint density at radius 3 is 2.67 bits per heavy atom. The normalized spacial score (nSPS) is 28.5. The van der Waals surface area contributed by atoms with Gasteiger partial charge < -0.3 is 19.4 Å². The molecule has 3 aliphatic heterocycles. The molecular weight excluding hydrogens is 379 g/mol. The molecule has 158 valence electrons. The fourth-order valence-electron chi connectivity index (χ4n) is 5.30. The SMILES string of the molecule is COC1=CC=C2N(c3ccc(N4CCN(C)CC4)c(F)c3)CCC(C)C23C=CN=C13. The lowest BCUT2D eigenvalue weighted by Crippen LogP contribution is -2.50. The topological polar surface area (TPSA) is 31.3 Å². The highest BCUT2D eigenvalue weighted by molar-refractivity contribution is 6.10. The molecule has 2 fully saturated rings. The smallest absolute Gasteiger partial charge is 0.148 e. The minimum Gasteiger partial charge on any atom is -0.495 e. The summed E-state index contributed by atoms with van der Waals surface area (Å²) < 4.78 is 20.8. The third kappa shape index (κ3) is 2.81. The summed E-state index contributed by atoms with van der Waals surface area (Å²) in [5, 5.41) is 0. The van der Waals surface area contributed by atoms with Gasteiger partial charge in [-0.3, -0.25) is 4.99 Å². The van der Waals surface area contributed by atoms with Gasteiger partial charge in [0, 0.05) is 50.3 Å². The fourth-order valence-corrected chi connectivity index (χ4v) is 5.30. The van der Waals surface area contributed by atoms with Crippen LogP contribution in [0.5, 0.6) is 0 Å². The zero-order valence-electron chi connectivity index (χ0n) is 17.9. The van der Waals surface area contributed by atoms with Crippen LogP contribution in [-0.2, 0) is 4.74 Å². The number of methoxy groups -OCH3 is 1. The number of hydrogen-bond acceptors (Lipinski definition) is 5. The molecule has 0 amide bonds. The van der Waals surface area contributed by atoms with E-state index in [0.717, 1.165) is 62.0 Å². The van der Waals surface area contributed by atoms with Crippen LogP contribution in [0.15, 0.2) is 59.1 Å². The minimum absolute atomic E-state index is 0.148. The number of allylic oxidation sites excluding steroid dienone is 4. The molecule has 2 saturated heterocycles. The lowest BCUT2D eigenvalue weighted by molar-refractivity contribution is 0.287. The number of benzene rings is 1. The average molecular weight is 409 g/mol. The molecule has 2 atom stereocenters. The highest BCUT2D eigenvalue weighted by Crippen LogP contribution is 2.52. The minimum atomic E-state index is -0.301. The van der Waals surface area contributed by atoms with Crippen LogP contribution in [0.3, 0.4) is 0 Å². The average Bonchev–Trinajstić information content (AvgIpc) is 3.20. The second kappa shape index (κ2) is 7.27. The van der Waals surface area contributed by atoms with Gasteiger partial charge in [0.2, 0.25) is 0 Å². The summed E-state index contributed by atoms with van der Waals surface area (Å²) in [5.41, 5.74) is 3.42. The van der Waals surface area contributed by atoms with Crippen LogP contribution in [0, 0.1) is 17.2 Å². The number of hydrogen-bond donors (Lipinski definition) is 0. The first-order chi connectivity index (χ1) is 14.5. The van der Waals surface area contributed by atoms with E-state index in [1.165, 1.54) is 0 Å². The molecule has 1 aromatic rings. The summed E-state index contributed by atoms with van der Waals surface area (Å²) in [4.78, 5) is 11.3. The highest BCUT2D eigenvalue weighted by Gasteiger charge is 2.51. The molecule has 0 radical (unpaired) electrons. The van der Waals surface area contributed by atoms with Crippen LogP contribution < -0.4 is 9.80 Å². The third-order valence-electron chi connectivity index (χ3n) is 7.14. The van der Waals surface area contributed by atoms with Gasteiger partial charge in [-0.1, -0.05) is 6.92 Å². The van der Waals surface area contributed by atoms with E-state index in [1.54, 1.807) is 13.2 Å². The molecular formula is C24H29FN4O. The molecule has 2 unspecified atom stereocenters. The number of halogens is 1. The van der Waals surface area contributed by atoms with Gasteiger partial charge in [-0.2, -0.15) is 0 Å². The summed E-state index contributed by atoms with van der Waals surface area (Å²) in [5.74, 6) is 1.06. The van der Waals surface area contributed by atoms with Crippen molar-refractivity contribution in [1.29, 1.82) is 0 Å². The van der Waals surface area contributed by atoms with Crippen LogP contribution in [0.1, 0.15) is 13.3 Å². The van der Waals surface area contributed by atoms with Gasteiger partial charge in [0.05, 0.1) is 23.9 Å². The molecule has 1 aromatic carbocycles. The van der Waals surface area contributed by atoms with Crippen LogP contribution in [0.25, 0.3) is 0 Å². The van der Waals surface area contributed by atoms with Gasteiger partial charge in [-0.25, -0.2) is 4.39 Å². The molecule has 0 saturated carbocycles. The molecule has 0 bridgehead atoms. The van der Waals surface area contributed by atoms with Crippen molar-refractivity contribution in [2.75, 3.05) is 56.7 Å². The van der Waals surface area contributed by atoms with E-state index in [2.05, 4.69) is 51.9 Å². The number of likely N-dealkylation sites (N-methyl/N-ethyl adjacent to an activating group) is 1. The molecule has 4 aliphatic rings. The van der Waals surface area contributed by atoms with Gasteiger partial charge >= 0.3 is 0 Å². The zero-order chi connectivity index (χ0) is 20.9. The second-order valence-electron chi connectivity index (χ2n) is 8.72. The van der Waals surface area contributed by atoms with Crippen molar-refractivity contribution in [1.82, 2.24) is 4.90 Å². The molecule has 3 heterocycles. The lowest BCUT2D eigenvalue weighted by atomic mass is 9.64. The van der Waals surface area contributed by atoms with Crippen LogP contribution in [0.4, 0.5) is 15.8 Å². The molecule has 1 spiro atoms. The standard InChI is InChI=1S/C24H29FN4O/c1-17-8-11-29(22-7-6-21(30-3)23-24(17,22)9-10-26-23)18-4-5-20(19(25)16-18)28-14-12-27(2)13-15-28/h4-7,9-10,16-17H,8,11-15H2,1-3H3. The first-order valence-corrected chi connectivity index (χ1v) is 10.8. The highest BCUT2D eigenvalue weighted by atomic mass is 19.1. The number of piperazine rings is 1. The van der Waals surface area contributed by atoms with Crippen LogP contribution >= 0.6 is 0 Å². The Morgan fingerprint density at radius 2 is 1.93 bits per heavy atom. The number of aliphatic imine (C=N–C) groups is 1. The van der Waals surface area contributed by atoms with E-state index >= 15 is 4.39 Å². The summed E-state index contributed by atoms with van der Waals surface area (Å²) in [6, 6.07) is 5.70. The van der Waals surface area contributed by atoms with Crippen molar-refractivity contribution >= 4 is 17.1 Å². The van der Waals surface area contributed by atoms with Crippen LogP contribution in [-0.4, -0.2) is 57.5 Å². The van der Waals surface area contributed by atoms with E-state index in [4.69, 9.17) is 4.74 Å². The molecule has 0 aromatic heterocycles. The van der Waals surface area contributed by atoms with E-state index < -0.39 is 0 Å². The Bertz CT molecular complexity index is 973. The predicted molar refractivity (Wildman–Crippen MR) is 119 cm³/mol. The van der Waals surface area contributed by atoms with Crippen molar-refractivity contribution in [3.05, 3.63) is 59.9 Å². The fraction of sp³-hybridized carbons (Fsp3) is 0.458. The van der Waals surface area contributed by atoms with Gasteiger partial charge in [0.25, 0.3) is 0 Å². The van der Waals surface area contributed by atoms with Gasteiger partial charge in [0.15, 0.2) is 0 Å². The maximum absolute atomic E-state index is 15.2.